The van der Waals surface area contributed by atoms with Crippen LogP contribution in [-0.2, 0) is 6.54 Å². The SMILES string of the molecule is NC(=O)c1cccc(CN2CCCCC(CO)C2)c1. The monoisotopic (exact) mass is 262 g/mol. The van der Waals surface area contributed by atoms with Gasteiger partial charge in [0.15, 0.2) is 0 Å². The first-order valence-corrected chi connectivity index (χ1v) is 6.91. The molecule has 0 bridgehead atoms. The molecule has 0 saturated carbocycles. The van der Waals surface area contributed by atoms with Gasteiger partial charge >= 0.3 is 0 Å². The number of rotatable bonds is 4. The Morgan fingerprint density at radius 1 is 1.42 bits per heavy atom. The Morgan fingerprint density at radius 2 is 2.26 bits per heavy atom. The number of likely N-dealkylation sites (tertiary alicyclic amines) is 1. The number of hydrogen-bond acceptors (Lipinski definition) is 3. The van der Waals surface area contributed by atoms with Crippen molar-refractivity contribution in [3.63, 3.8) is 0 Å². The second-order valence-electron chi connectivity index (χ2n) is 5.34. The predicted octanol–water partition coefficient (Wildman–Crippen LogP) is 1.38. The molecule has 2 rings (SSSR count). The molecule has 1 aromatic carbocycles. The number of aliphatic hydroxyl groups excluding tert-OH is 1. The summed E-state index contributed by atoms with van der Waals surface area (Å²) in [5.41, 5.74) is 6.97. The maximum Gasteiger partial charge on any atom is 0.248 e. The van der Waals surface area contributed by atoms with Crippen LogP contribution in [0.4, 0.5) is 0 Å². The number of amides is 1. The first kappa shape index (κ1) is 14.0. The van der Waals surface area contributed by atoms with Crippen molar-refractivity contribution in [2.45, 2.75) is 25.8 Å². The van der Waals surface area contributed by atoms with E-state index in [9.17, 15) is 9.90 Å². The quantitative estimate of drug-likeness (QED) is 0.861. The molecule has 1 amide bonds. The summed E-state index contributed by atoms with van der Waals surface area (Å²) in [7, 11) is 0. The van der Waals surface area contributed by atoms with E-state index in [4.69, 9.17) is 5.73 Å². The van der Waals surface area contributed by atoms with Crippen molar-refractivity contribution in [1.82, 2.24) is 4.90 Å². The van der Waals surface area contributed by atoms with E-state index < -0.39 is 0 Å². The van der Waals surface area contributed by atoms with E-state index >= 15 is 0 Å². The van der Waals surface area contributed by atoms with Crippen LogP contribution in [0.3, 0.4) is 0 Å². The third kappa shape index (κ3) is 4.04. The van der Waals surface area contributed by atoms with Crippen molar-refractivity contribution in [3.05, 3.63) is 35.4 Å². The van der Waals surface area contributed by atoms with Crippen LogP contribution in [0.15, 0.2) is 24.3 Å². The van der Waals surface area contributed by atoms with Crippen molar-refractivity contribution in [3.8, 4) is 0 Å². The van der Waals surface area contributed by atoms with Gasteiger partial charge < -0.3 is 10.8 Å². The van der Waals surface area contributed by atoms with Gasteiger partial charge in [-0.15, -0.1) is 0 Å². The number of carbonyl (C=O) groups is 1. The molecule has 3 N–H and O–H groups in total. The molecule has 0 aromatic heterocycles. The second kappa shape index (κ2) is 6.68. The summed E-state index contributed by atoms with van der Waals surface area (Å²) in [6.45, 7) is 3.06. The average Bonchev–Trinajstić information content (AvgIpc) is 2.64. The maximum atomic E-state index is 11.2. The van der Waals surface area contributed by atoms with Crippen LogP contribution in [0.25, 0.3) is 0 Å². The lowest BCUT2D eigenvalue weighted by Crippen LogP contribution is -2.29. The highest BCUT2D eigenvalue weighted by atomic mass is 16.3. The summed E-state index contributed by atoms with van der Waals surface area (Å²) in [5, 5.41) is 9.33. The molecule has 19 heavy (non-hydrogen) atoms. The minimum absolute atomic E-state index is 0.262. The zero-order valence-electron chi connectivity index (χ0n) is 11.2. The fourth-order valence-corrected chi connectivity index (χ4v) is 2.69. The molecule has 0 spiro atoms. The zero-order valence-corrected chi connectivity index (χ0v) is 11.2. The van der Waals surface area contributed by atoms with Gasteiger partial charge in [-0.05, 0) is 43.0 Å². The number of nitrogens with zero attached hydrogens (tertiary/aromatic N) is 1. The minimum Gasteiger partial charge on any atom is -0.396 e. The summed E-state index contributed by atoms with van der Waals surface area (Å²) in [4.78, 5) is 13.5. The van der Waals surface area contributed by atoms with E-state index in [1.807, 2.05) is 18.2 Å². The zero-order chi connectivity index (χ0) is 13.7. The lowest BCUT2D eigenvalue weighted by molar-refractivity contribution is 0.1000. The molecular weight excluding hydrogens is 240 g/mol. The van der Waals surface area contributed by atoms with Crippen LogP contribution >= 0.6 is 0 Å². The van der Waals surface area contributed by atoms with Gasteiger partial charge in [0, 0.05) is 25.3 Å². The van der Waals surface area contributed by atoms with E-state index in [2.05, 4.69) is 4.90 Å². The third-order valence-electron chi connectivity index (χ3n) is 3.73. The van der Waals surface area contributed by atoms with Gasteiger partial charge in [0.2, 0.25) is 5.91 Å². The Bertz CT molecular complexity index is 434. The van der Waals surface area contributed by atoms with Gasteiger partial charge in [-0.25, -0.2) is 0 Å². The summed E-state index contributed by atoms with van der Waals surface area (Å²) >= 11 is 0. The fourth-order valence-electron chi connectivity index (χ4n) is 2.69. The van der Waals surface area contributed by atoms with Crippen LogP contribution in [0, 0.1) is 5.92 Å². The molecule has 4 heteroatoms. The van der Waals surface area contributed by atoms with Crippen LogP contribution in [0.2, 0.25) is 0 Å². The molecule has 1 fully saturated rings. The first-order valence-electron chi connectivity index (χ1n) is 6.91. The van der Waals surface area contributed by atoms with Gasteiger partial charge in [0.05, 0.1) is 0 Å². The minimum atomic E-state index is -0.383. The van der Waals surface area contributed by atoms with E-state index in [0.717, 1.165) is 31.6 Å². The van der Waals surface area contributed by atoms with Gasteiger partial charge in [-0.1, -0.05) is 18.6 Å². The highest BCUT2D eigenvalue weighted by Crippen LogP contribution is 2.18. The van der Waals surface area contributed by atoms with E-state index in [0.29, 0.717) is 11.5 Å². The molecule has 1 saturated heterocycles. The van der Waals surface area contributed by atoms with Crippen molar-refractivity contribution in [2.24, 2.45) is 11.7 Å². The summed E-state index contributed by atoms with van der Waals surface area (Å²) in [6, 6.07) is 7.49. The standard InChI is InChI=1S/C15H22N2O2/c16-15(19)14-6-3-5-12(8-14)9-17-7-2-1-4-13(10-17)11-18/h3,5-6,8,13,18H,1-2,4,7,9-11H2,(H2,16,19). The van der Waals surface area contributed by atoms with Crippen molar-refractivity contribution in [1.29, 1.82) is 0 Å². The average molecular weight is 262 g/mol. The fraction of sp³-hybridized carbons (Fsp3) is 0.533. The summed E-state index contributed by atoms with van der Waals surface area (Å²) in [5.74, 6) is -0.00669. The van der Waals surface area contributed by atoms with Gasteiger partial charge in [0.25, 0.3) is 0 Å². The third-order valence-corrected chi connectivity index (χ3v) is 3.73. The van der Waals surface area contributed by atoms with E-state index in [-0.39, 0.29) is 12.5 Å². The summed E-state index contributed by atoms with van der Waals surface area (Å²) in [6.07, 6.45) is 3.46. The molecule has 1 atom stereocenters. The Morgan fingerprint density at radius 3 is 3.00 bits per heavy atom. The number of benzene rings is 1. The Kier molecular flexibility index (Phi) is 4.93. The summed E-state index contributed by atoms with van der Waals surface area (Å²) < 4.78 is 0. The smallest absolute Gasteiger partial charge is 0.248 e. The first-order chi connectivity index (χ1) is 9.19. The Labute approximate surface area is 114 Å². The molecule has 0 radical (unpaired) electrons. The van der Waals surface area contributed by atoms with Gasteiger partial charge in [-0.3, -0.25) is 9.69 Å². The number of carbonyl (C=O) groups excluding carboxylic acids is 1. The molecule has 104 valence electrons. The van der Waals surface area contributed by atoms with Crippen molar-refractivity contribution in [2.75, 3.05) is 19.7 Å². The molecule has 1 heterocycles. The maximum absolute atomic E-state index is 11.2. The largest absolute Gasteiger partial charge is 0.396 e. The highest BCUT2D eigenvalue weighted by Gasteiger charge is 2.17. The number of nitrogens with two attached hydrogens (primary N) is 1. The highest BCUT2D eigenvalue weighted by molar-refractivity contribution is 5.92. The van der Waals surface area contributed by atoms with Crippen molar-refractivity contribution >= 4 is 5.91 Å². The van der Waals surface area contributed by atoms with Crippen LogP contribution < -0.4 is 5.73 Å². The molecule has 0 aliphatic carbocycles. The van der Waals surface area contributed by atoms with Crippen LogP contribution in [0.5, 0.6) is 0 Å². The molecule has 1 aliphatic heterocycles. The van der Waals surface area contributed by atoms with Crippen molar-refractivity contribution < 1.29 is 9.90 Å². The molecule has 1 aliphatic rings. The molecule has 4 nitrogen and oxygen atoms in total. The van der Waals surface area contributed by atoms with Gasteiger partial charge in [-0.2, -0.15) is 0 Å². The molecule has 1 unspecified atom stereocenters. The Balaban J connectivity index is 2.02. The number of hydrogen-bond donors (Lipinski definition) is 2. The number of aliphatic hydroxyl groups is 1. The number of primary amides is 1. The van der Waals surface area contributed by atoms with E-state index in [1.54, 1.807) is 6.07 Å². The lowest BCUT2D eigenvalue weighted by Gasteiger charge is -2.23. The van der Waals surface area contributed by atoms with Gasteiger partial charge in [0.1, 0.15) is 0 Å². The molecular formula is C15H22N2O2. The predicted molar refractivity (Wildman–Crippen MR) is 74.7 cm³/mol. The van der Waals surface area contributed by atoms with Crippen LogP contribution in [-0.4, -0.2) is 35.6 Å². The van der Waals surface area contributed by atoms with E-state index in [1.165, 1.54) is 12.8 Å². The molecule has 1 aromatic rings. The van der Waals surface area contributed by atoms with Crippen LogP contribution in [0.1, 0.15) is 35.2 Å². The Hall–Kier alpha value is -1.39. The normalized spacial score (nSPS) is 21.0. The lowest BCUT2D eigenvalue weighted by atomic mass is 10.0. The second-order valence-corrected chi connectivity index (χ2v) is 5.34. The topological polar surface area (TPSA) is 66.6 Å².